The first-order valence-corrected chi connectivity index (χ1v) is 13.2. The van der Waals surface area contributed by atoms with Crippen LogP contribution in [-0.4, -0.2) is 71.4 Å². The number of carbonyl (C=O) groups is 3. The average molecular weight is 584 g/mol. The Morgan fingerprint density at radius 3 is 2.57 bits per heavy atom. The predicted molar refractivity (Wildman–Crippen MR) is 150 cm³/mol. The molecule has 0 bridgehead atoms. The second-order valence-corrected chi connectivity index (χ2v) is 10.8. The monoisotopic (exact) mass is 583 g/mol. The number of fused-ring (bicyclic) bond motifs is 2. The molecule has 0 saturated carbocycles. The number of benzene rings is 1. The normalized spacial score (nSPS) is 16.4. The lowest BCUT2D eigenvalue weighted by atomic mass is 9.96. The number of anilines is 3. The van der Waals surface area contributed by atoms with Crippen molar-refractivity contribution < 1.29 is 42.8 Å². The number of nitrogens with zero attached hydrogens (tertiary/aromatic N) is 3. The molecule has 3 aromatic rings. The molecule has 1 unspecified atom stereocenters. The number of carboxylic acid groups (broad SMARTS) is 1. The van der Waals surface area contributed by atoms with Crippen LogP contribution in [0.25, 0.3) is 21.9 Å². The zero-order valence-corrected chi connectivity index (χ0v) is 23.4. The van der Waals surface area contributed by atoms with Crippen LogP contribution in [-0.2, 0) is 14.2 Å². The maximum Gasteiger partial charge on any atom is 0.413 e. The number of halogens is 1. The third-order valence-corrected chi connectivity index (χ3v) is 6.60. The molecule has 3 N–H and O–H groups in total. The molecule has 1 atom stereocenters. The van der Waals surface area contributed by atoms with Crippen LogP contribution >= 0.6 is 0 Å². The SMILES string of the molecule is Cc1c(-c2cc3cc(NC(=O)OC4CCOC4)ncc3c(NC(=O)OC(C)(C)C)c2F)cnc2c1N(C(=O)O)CCO2. The molecule has 4 heterocycles. The first kappa shape index (κ1) is 28.8. The van der Waals surface area contributed by atoms with Gasteiger partial charge in [0.05, 0.1) is 25.4 Å². The van der Waals surface area contributed by atoms with Gasteiger partial charge in [0.1, 0.15) is 29.8 Å². The first-order chi connectivity index (χ1) is 19.9. The molecule has 0 spiro atoms. The van der Waals surface area contributed by atoms with Gasteiger partial charge in [0.25, 0.3) is 0 Å². The van der Waals surface area contributed by atoms with Crippen molar-refractivity contribution in [1.82, 2.24) is 9.97 Å². The Bertz CT molecular complexity index is 1570. The highest BCUT2D eigenvalue weighted by atomic mass is 19.1. The Kier molecular flexibility index (Phi) is 7.73. The third kappa shape index (κ3) is 5.98. The zero-order valence-electron chi connectivity index (χ0n) is 23.4. The van der Waals surface area contributed by atoms with Gasteiger partial charge in [-0.05, 0) is 50.8 Å². The topological polar surface area (TPSA) is 161 Å². The van der Waals surface area contributed by atoms with Crippen molar-refractivity contribution in [3.05, 3.63) is 35.9 Å². The fourth-order valence-electron chi connectivity index (χ4n) is 4.76. The van der Waals surface area contributed by atoms with Crippen LogP contribution in [0.2, 0.25) is 0 Å². The Morgan fingerprint density at radius 2 is 1.88 bits per heavy atom. The van der Waals surface area contributed by atoms with Gasteiger partial charge in [-0.2, -0.15) is 0 Å². The summed E-state index contributed by atoms with van der Waals surface area (Å²) in [6.07, 6.45) is 0.0731. The Morgan fingerprint density at radius 1 is 1.10 bits per heavy atom. The molecular weight excluding hydrogens is 553 g/mol. The molecule has 0 aliphatic carbocycles. The number of hydrogen-bond donors (Lipinski definition) is 3. The van der Waals surface area contributed by atoms with Crippen molar-refractivity contribution in [2.75, 3.05) is 41.9 Å². The van der Waals surface area contributed by atoms with E-state index in [0.29, 0.717) is 30.6 Å². The molecule has 14 heteroatoms. The highest BCUT2D eigenvalue weighted by Gasteiger charge is 2.30. The van der Waals surface area contributed by atoms with E-state index in [0.717, 1.165) is 4.90 Å². The molecule has 2 aliphatic heterocycles. The fourth-order valence-corrected chi connectivity index (χ4v) is 4.76. The number of ether oxygens (including phenoxy) is 4. The van der Waals surface area contributed by atoms with E-state index in [1.54, 1.807) is 27.7 Å². The van der Waals surface area contributed by atoms with Gasteiger partial charge in [-0.15, -0.1) is 0 Å². The molecule has 2 aromatic heterocycles. The number of nitrogens with one attached hydrogen (secondary N) is 2. The Labute approximate surface area is 239 Å². The smallest absolute Gasteiger partial charge is 0.413 e. The minimum absolute atomic E-state index is 0.0140. The average Bonchev–Trinajstić information content (AvgIpc) is 3.42. The van der Waals surface area contributed by atoms with Crippen molar-refractivity contribution in [2.45, 2.75) is 45.8 Å². The van der Waals surface area contributed by atoms with E-state index in [1.807, 2.05) is 0 Å². The van der Waals surface area contributed by atoms with Crippen LogP contribution < -0.4 is 20.3 Å². The zero-order chi connectivity index (χ0) is 30.2. The van der Waals surface area contributed by atoms with Gasteiger partial charge in [0.15, 0.2) is 5.82 Å². The van der Waals surface area contributed by atoms with E-state index in [-0.39, 0.29) is 58.8 Å². The molecule has 0 radical (unpaired) electrons. The van der Waals surface area contributed by atoms with Crippen LogP contribution in [0.3, 0.4) is 0 Å². The Hall–Kier alpha value is -4.72. The second-order valence-electron chi connectivity index (χ2n) is 10.8. The fraction of sp³-hybridized carbons (Fsp3) is 0.393. The number of pyridine rings is 2. The number of carbonyl (C=O) groups excluding carboxylic acids is 2. The molecule has 5 rings (SSSR count). The second kappa shape index (κ2) is 11.3. The molecular formula is C28H30FN5O8. The minimum Gasteiger partial charge on any atom is -0.474 e. The Balaban J connectivity index is 1.60. The van der Waals surface area contributed by atoms with Gasteiger partial charge in [-0.1, -0.05) is 0 Å². The summed E-state index contributed by atoms with van der Waals surface area (Å²) in [5.74, 6) is -0.585. The molecule has 42 heavy (non-hydrogen) atoms. The first-order valence-electron chi connectivity index (χ1n) is 13.2. The van der Waals surface area contributed by atoms with E-state index in [2.05, 4.69) is 20.6 Å². The van der Waals surface area contributed by atoms with Gasteiger partial charge in [-0.3, -0.25) is 15.5 Å². The van der Waals surface area contributed by atoms with Crippen molar-refractivity contribution in [3.8, 4) is 17.0 Å². The van der Waals surface area contributed by atoms with E-state index in [9.17, 15) is 19.5 Å². The van der Waals surface area contributed by atoms with Crippen LogP contribution in [0.4, 0.5) is 36.0 Å². The summed E-state index contributed by atoms with van der Waals surface area (Å²) in [4.78, 5) is 46.6. The highest BCUT2D eigenvalue weighted by Crippen LogP contribution is 2.42. The van der Waals surface area contributed by atoms with Crippen molar-refractivity contribution in [2.24, 2.45) is 0 Å². The summed E-state index contributed by atoms with van der Waals surface area (Å²) in [6.45, 7) is 7.65. The van der Waals surface area contributed by atoms with E-state index in [4.69, 9.17) is 18.9 Å². The molecule has 1 fully saturated rings. The maximum absolute atomic E-state index is 16.3. The molecule has 1 saturated heterocycles. The van der Waals surface area contributed by atoms with Crippen LogP contribution in [0.1, 0.15) is 32.8 Å². The van der Waals surface area contributed by atoms with Crippen molar-refractivity contribution in [1.29, 1.82) is 0 Å². The predicted octanol–water partition coefficient (Wildman–Crippen LogP) is 5.31. The van der Waals surface area contributed by atoms with Gasteiger partial charge in [-0.25, -0.2) is 28.7 Å². The summed E-state index contributed by atoms with van der Waals surface area (Å²) >= 11 is 0. The van der Waals surface area contributed by atoms with E-state index in [1.165, 1.54) is 24.5 Å². The summed E-state index contributed by atoms with van der Waals surface area (Å²) in [5.41, 5.74) is -0.191. The van der Waals surface area contributed by atoms with Crippen molar-refractivity contribution >= 4 is 46.2 Å². The largest absolute Gasteiger partial charge is 0.474 e. The van der Waals surface area contributed by atoms with Crippen LogP contribution in [0.15, 0.2) is 24.5 Å². The van der Waals surface area contributed by atoms with Gasteiger partial charge >= 0.3 is 18.3 Å². The van der Waals surface area contributed by atoms with Crippen LogP contribution in [0.5, 0.6) is 5.88 Å². The lowest BCUT2D eigenvalue weighted by Crippen LogP contribution is -2.37. The molecule has 3 amide bonds. The number of aromatic nitrogens is 2. The van der Waals surface area contributed by atoms with Crippen molar-refractivity contribution in [3.63, 3.8) is 0 Å². The minimum atomic E-state index is -1.20. The number of rotatable bonds is 4. The van der Waals surface area contributed by atoms with Gasteiger partial charge in [0.2, 0.25) is 5.88 Å². The molecule has 222 valence electrons. The molecule has 13 nitrogen and oxygen atoms in total. The summed E-state index contributed by atoms with van der Waals surface area (Å²) < 4.78 is 37.8. The third-order valence-electron chi connectivity index (χ3n) is 6.60. The standard InChI is InChI=1S/C28H30FN5O8/c1-14-18(11-31-24-23(14)34(27(37)38)6-8-40-24)17-9-15-10-20(32-25(35)41-16-5-7-39-13-16)30-12-19(15)22(21(17)29)33-26(36)42-28(2,3)4/h9-12,16H,5-8,13H2,1-4H3,(H,33,36)(H,37,38)(H,30,32,35). The molecule has 2 aliphatic rings. The molecule has 1 aromatic carbocycles. The van der Waals surface area contributed by atoms with Gasteiger partial charge in [0, 0.05) is 35.3 Å². The lowest BCUT2D eigenvalue weighted by Gasteiger charge is -2.29. The summed E-state index contributed by atoms with van der Waals surface area (Å²) in [7, 11) is 0. The quantitative estimate of drug-likeness (QED) is 0.367. The van der Waals surface area contributed by atoms with Crippen LogP contribution in [0, 0.1) is 12.7 Å². The summed E-state index contributed by atoms with van der Waals surface area (Å²) in [6, 6.07) is 3.00. The summed E-state index contributed by atoms with van der Waals surface area (Å²) in [5, 5.41) is 15.4. The van der Waals surface area contributed by atoms with E-state index >= 15 is 4.39 Å². The van der Waals surface area contributed by atoms with Gasteiger partial charge < -0.3 is 24.1 Å². The van der Waals surface area contributed by atoms with E-state index < -0.39 is 29.7 Å². The lowest BCUT2D eigenvalue weighted by molar-refractivity contribution is 0.0635. The number of amides is 3. The highest BCUT2D eigenvalue weighted by molar-refractivity contribution is 6.04. The maximum atomic E-state index is 16.3. The number of hydrogen-bond acceptors (Lipinski definition) is 9.